The van der Waals surface area contributed by atoms with Crippen molar-refractivity contribution in [3.63, 3.8) is 0 Å². The fourth-order valence-corrected chi connectivity index (χ4v) is 2.07. The molecule has 0 amide bonds. The first-order valence-corrected chi connectivity index (χ1v) is 6.14. The molecule has 0 aliphatic carbocycles. The molecular formula is C14H15FN2O2. The maximum absolute atomic E-state index is 13.3. The summed E-state index contributed by atoms with van der Waals surface area (Å²) in [5.74, 6) is -1.41. The second-order valence-electron chi connectivity index (χ2n) is 4.31. The average Bonchev–Trinajstić information content (AvgIpc) is 2.77. The summed E-state index contributed by atoms with van der Waals surface area (Å²) in [4.78, 5) is 10.9. The summed E-state index contributed by atoms with van der Waals surface area (Å²) in [6.45, 7) is 2.78. The van der Waals surface area contributed by atoms with Crippen molar-refractivity contribution in [1.29, 1.82) is 0 Å². The molecule has 0 saturated heterocycles. The first kappa shape index (κ1) is 13.3. The predicted octanol–water partition coefficient (Wildman–Crippen LogP) is 2.73. The molecule has 0 radical (unpaired) electrons. The van der Waals surface area contributed by atoms with Gasteiger partial charge in [0.2, 0.25) is 0 Å². The van der Waals surface area contributed by atoms with Crippen molar-refractivity contribution in [2.75, 3.05) is 0 Å². The van der Waals surface area contributed by atoms with Gasteiger partial charge < -0.3 is 5.11 Å². The number of hydrogen-bond acceptors (Lipinski definition) is 2. The van der Waals surface area contributed by atoms with E-state index in [4.69, 9.17) is 5.11 Å². The van der Waals surface area contributed by atoms with Crippen molar-refractivity contribution in [2.24, 2.45) is 0 Å². The number of rotatable bonds is 5. The number of carboxylic acids is 1. The van der Waals surface area contributed by atoms with E-state index >= 15 is 0 Å². The van der Waals surface area contributed by atoms with Crippen LogP contribution in [0, 0.1) is 5.82 Å². The van der Waals surface area contributed by atoms with Gasteiger partial charge in [-0.3, -0.25) is 9.48 Å². The molecule has 0 aliphatic heterocycles. The van der Waals surface area contributed by atoms with E-state index in [1.54, 1.807) is 16.9 Å². The van der Waals surface area contributed by atoms with Gasteiger partial charge in [-0.1, -0.05) is 6.92 Å². The minimum absolute atomic E-state index is 0.204. The number of aryl methyl sites for hydroxylation is 1. The molecule has 2 rings (SSSR count). The summed E-state index contributed by atoms with van der Waals surface area (Å²) < 4.78 is 15.1. The molecule has 4 nitrogen and oxygen atoms in total. The van der Waals surface area contributed by atoms with E-state index in [1.165, 1.54) is 12.1 Å². The standard InChI is InChI=1S/C14H15FN2O2/c1-2-7-17-13(5-6-16-17)12-4-3-11(15)8-10(12)9-14(18)19/h3-6,8H,2,7,9H2,1H3,(H,18,19). The van der Waals surface area contributed by atoms with Crippen molar-refractivity contribution < 1.29 is 14.3 Å². The fraction of sp³-hybridized carbons (Fsp3) is 0.286. The van der Waals surface area contributed by atoms with Gasteiger partial charge >= 0.3 is 5.97 Å². The molecule has 1 aromatic heterocycles. The molecule has 1 N–H and O–H groups in total. The van der Waals surface area contributed by atoms with Gasteiger partial charge in [-0.15, -0.1) is 0 Å². The molecule has 0 fully saturated rings. The molecule has 100 valence electrons. The number of benzene rings is 1. The van der Waals surface area contributed by atoms with Crippen molar-refractivity contribution in [3.8, 4) is 11.3 Å². The third kappa shape index (κ3) is 2.99. The molecule has 0 aliphatic rings. The van der Waals surface area contributed by atoms with Crippen molar-refractivity contribution in [2.45, 2.75) is 26.3 Å². The summed E-state index contributed by atoms with van der Waals surface area (Å²) in [6, 6.07) is 6.03. The van der Waals surface area contributed by atoms with Crippen LogP contribution in [0.4, 0.5) is 4.39 Å². The van der Waals surface area contributed by atoms with Crippen molar-refractivity contribution in [1.82, 2.24) is 9.78 Å². The van der Waals surface area contributed by atoms with Gasteiger partial charge in [0.1, 0.15) is 5.82 Å². The predicted molar refractivity (Wildman–Crippen MR) is 69.3 cm³/mol. The molecule has 5 heteroatoms. The van der Waals surface area contributed by atoms with E-state index in [0.29, 0.717) is 5.56 Å². The zero-order valence-corrected chi connectivity index (χ0v) is 10.6. The summed E-state index contributed by atoms with van der Waals surface area (Å²) in [5, 5.41) is 13.1. The highest BCUT2D eigenvalue weighted by Crippen LogP contribution is 2.25. The third-order valence-electron chi connectivity index (χ3n) is 2.84. The molecule has 2 aromatic rings. The average molecular weight is 262 g/mol. The number of aromatic nitrogens is 2. The van der Waals surface area contributed by atoms with Crippen LogP contribution in [0.3, 0.4) is 0 Å². The topological polar surface area (TPSA) is 55.1 Å². The normalized spacial score (nSPS) is 10.6. The van der Waals surface area contributed by atoms with Crippen LogP contribution in [0.15, 0.2) is 30.5 Å². The minimum atomic E-state index is -0.978. The Labute approximate surface area is 110 Å². The van der Waals surface area contributed by atoms with Gasteiger partial charge in [-0.2, -0.15) is 5.10 Å². The van der Waals surface area contributed by atoms with Gasteiger partial charge in [-0.25, -0.2) is 4.39 Å². The molecule has 0 bridgehead atoms. The number of aliphatic carboxylic acids is 1. The lowest BCUT2D eigenvalue weighted by atomic mass is 10.0. The number of carboxylic acid groups (broad SMARTS) is 1. The first-order chi connectivity index (χ1) is 9.11. The second kappa shape index (κ2) is 5.65. The van der Waals surface area contributed by atoms with Gasteiger partial charge in [0.05, 0.1) is 12.1 Å². The number of halogens is 1. The van der Waals surface area contributed by atoms with Crippen LogP contribution in [0.25, 0.3) is 11.3 Å². The number of hydrogen-bond donors (Lipinski definition) is 1. The maximum Gasteiger partial charge on any atom is 0.307 e. The van der Waals surface area contributed by atoms with E-state index < -0.39 is 11.8 Å². The highest BCUT2D eigenvalue weighted by molar-refractivity contribution is 5.75. The van der Waals surface area contributed by atoms with E-state index in [0.717, 1.165) is 24.2 Å². The minimum Gasteiger partial charge on any atom is -0.481 e. The Morgan fingerprint density at radius 3 is 2.89 bits per heavy atom. The summed E-state index contributed by atoms with van der Waals surface area (Å²) in [7, 11) is 0. The second-order valence-corrected chi connectivity index (χ2v) is 4.31. The van der Waals surface area contributed by atoms with E-state index in [9.17, 15) is 9.18 Å². The lowest BCUT2D eigenvalue weighted by Gasteiger charge is -2.10. The zero-order valence-electron chi connectivity index (χ0n) is 10.6. The van der Waals surface area contributed by atoms with Crippen molar-refractivity contribution in [3.05, 3.63) is 41.8 Å². The highest BCUT2D eigenvalue weighted by Gasteiger charge is 2.13. The monoisotopic (exact) mass is 262 g/mol. The SMILES string of the molecule is CCCn1nccc1-c1ccc(F)cc1CC(=O)O. The first-order valence-electron chi connectivity index (χ1n) is 6.14. The van der Waals surface area contributed by atoms with Crippen LogP contribution in [-0.2, 0) is 17.8 Å². The molecule has 0 spiro atoms. The fourth-order valence-electron chi connectivity index (χ4n) is 2.07. The summed E-state index contributed by atoms with van der Waals surface area (Å²) in [6.07, 6.45) is 2.38. The van der Waals surface area contributed by atoms with Crippen molar-refractivity contribution >= 4 is 5.97 Å². The molecule has 0 atom stereocenters. The Balaban J connectivity index is 2.48. The van der Waals surface area contributed by atoms with Crippen LogP contribution in [-0.4, -0.2) is 20.9 Å². The molecule has 0 saturated carbocycles. The third-order valence-corrected chi connectivity index (χ3v) is 2.84. The molecule has 19 heavy (non-hydrogen) atoms. The van der Waals surface area contributed by atoms with Crippen LogP contribution in [0.5, 0.6) is 0 Å². The molecular weight excluding hydrogens is 247 g/mol. The zero-order chi connectivity index (χ0) is 13.8. The molecule has 1 heterocycles. The Hall–Kier alpha value is -2.17. The Bertz CT molecular complexity index is 593. The van der Waals surface area contributed by atoms with Gasteiger partial charge in [0.25, 0.3) is 0 Å². The maximum atomic E-state index is 13.3. The quantitative estimate of drug-likeness (QED) is 0.901. The van der Waals surface area contributed by atoms with Crippen LogP contribution >= 0.6 is 0 Å². The molecule has 1 aromatic carbocycles. The van der Waals surface area contributed by atoms with Gasteiger partial charge in [0, 0.05) is 18.3 Å². The summed E-state index contributed by atoms with van der Waals surface area (Å²) >= 11 is 0. The van der Waals surface area contributed by atoms with Gasteiger partial charge in [0.15, 0.2) is 0 Å². The Kier molecular flexibility index (Phi) is 3.94. The Morgan fingerprint density at radius 2 is 2.21 bits per heavy atom. The van der Waals surface area contributed by atoms with E-state index in [1.807, 2.05) is 13.0 Å². The van der Waals surface area contributed by atoms with Crippen LogP contribution < -0.4 is 0 Å². The van der Waals surface area contributed by atoms with E-state index in [2.05, 4.69) is 5.10 Å². The lowest BCUT2D eigenvalue weighted by Crippen LogP contribution is -2.06. The Morgan fingerprint density at radius 1 is 1.42 bits per heavy atom. The lowest BCUT2D eigenvalue weighted by molar-refractivity contribution is -0.136. The van der Waals surface area contributed by atoms with Crippen LogP contribution in [0.1, 0.15) is 18.9 Å². The largest absolute Gasteiger partial charge is 0.481 e. The smallest absolute Gasteiger partial charge is 0.307 e. The van der Waals surface area contributed by atoms with Gasteiger partial charge in [-0.05, 0) is 36.2 Å². The number of carbonyl (C=O) groups is 1. The summed E-state index contributed by atoms with van der Waals surface area (Å²) in [5.41, 5.74) is 2.00. The number of nitrogens with zero attached hydrogens (tertiary/aromatic N) is 2. The van der Waals surface area contributed by atoms with Crippen LogP contribution in [0.2, 0.25) is 0 Å². The van der Waals surface area contributed by atoms with E-state index in [-0.39, 0.29) is 6.42 Å². The highest BCUT2D eigenvalue weighted by atomic mass is 19.1. The molecule has 0 unspecified atom stereocenters.